The summed E-state index contributed by atoms with van der Waals surface area (Å²) < 4.78 is 5.08. The van der Waals surface area contributed by atoms with Gasteiger partial charge in [-0.2, -0.15) is 0 Å². The topological polar surface area (TPSA) is 63.6 Å². The number of carbonyl (C=O) groups is 2. The molecule has 0 aliphatic heterocycles. The first-order valence-corrected chi connectivity index (χ1v) is 8.03. The van der Waals surface area contributed by atoms with Crippen LogP contribution in [-0.4, -0.2) is 23.7 Å². The number of ether oxygens (including phenoxy) is 1. The molecule has 122 valence electrons. The molecule has 21 heavy (non-hydrogen) atoms. The molecule has 0 atom stereocenters. The summed E-state index contributed by atoms with van der Waals surface area (Å²) in [6, 6.07) is 0. The zero-order chi connectivity index (χ0) is 15.9. The molecule has 0 aromatic rings. The third kappa shape index (κ3) is 16.6. The Morgan fingerprint density at radius 1 is 0.857 bits per heavy atom. The first-order valence-electron chi connectivity index (χ1n) is 8.03. The predicted octanol–water partition coefficient (Wildman–Crippen LogP) is 4.48. The van der Waals surface area contributed by atoms with Gasteiger partial charge in [0.05, 0.1) is 0 Å². The van der Waals surface area contributed by atoms with Crippen molar-refractivity contribution in [3.63, 3.8) is 0 Å². The second-order valence-electron chi connectivity index (χ2n) is 5.69. The molecule has 0 aromatic heterocycles. The fourth-order valence-corrected chi connectivity index (χ4v) is 1.98. The molecule has 0 saturated carbocycles. The van der Waals surface area contributed by atoms with E-state index in [2.05, 4.69) is 0 Å². The van der Waals surface area contributed by atoms with Crippen LogP contribution in [-0.2, 0) is 14.3 Å². The number of hydrogen-bond acceptors (Lipinski definition) is 3. The van der Waals surface area contributed by atoms with E-state index in [1.54, 1.807) is 0 Å². The zero-order valence-corrected chi connectivity index (χ0v) is 13.5. The second-order valence-corrected chi connectivity index (χ2v) is 5.69. The van der Waals surface area contributed by atoms with Crippen molar-refractivity contribution < 1.29 is 19.4 Å². The Labute approximate surface area is 128 Å². The Kier molecular flexibility index (Phi) is 12.8. The summed E-state index contributed by atoms with van der Waals surface area (Å²) in [6.45, 7) is 4.35. The van der Waals surface area contributed by atoms with E-state index in [1.807, 2.05) is 19.9 Å². The van der Waals surface area contributed by atoms with Crippen molar-refractivity contribution in [3.05, 3.63) is 11.6 Å². The molecular formula is C17H30O4. The van der Waals surface area contributed by atoms with Gasteiger partial charge in [-0.25, -0.2) is 0 Å². The summed E-state index contributed by atoms with van der Waals surface area (Å²) in [4.78, 5) is 21.7. The van der Waals surface area contributed by atoms with Gasteiger partial charge in [-0.05, 0) is 32.8 Å². The van der Waals surface area contributed by atoms with Crippen molar-refractivity contribution in [2.75, 3.05) is 6.61 Å². The van der Waals surface area contributed by atoms with E-state index < -0.39 is 5.97 Å². The summed E-state index contributed by atoms with van der Waals surface area (Å²) in [5, 5.41) is 8.50. The van der Waals surface area contributed by atoms with Crippen LogP contribution in [0.4, 0.5) is 0 Å². The average molecular weight is 298 g/mol. The van der Waals surface area contributed by atoms with Gasteiger partial charge in [-0.3, -0.25) is 9.59 Å². The van der Waals surface area contributed by atoms with E-state index in [0.717, 1.165) is 50.5 Å². The molecule has 1 N–H and O–H groups in total. The van der Waals surface area contributed by atoms with Crippen LogP contribution >= 0.6 is 0 Å². The maximum absolute atomic E-state index is 11.4. The smallest absolute Gasteiger partial charge is 0.306 e. The molecule has 0 aromatic carbocycles. The maximum atomic E-state index is 11.4. The minimum absolute atomic E-state index is 0.110. The van der Waals surface area contributed by atoms with Crippen LogP contribution in [0, 0.1) is 0 Å². The third-order valence-corrected chi connectivity index (χ3v) is 3.26. The van der Waals surface area contributed by atoms with Gasteiger partial charge in [0.1, 0.15) is 6.61 Å². The van der Waals surface area contributed by atoms with Gasteiger partial charge in [0.2, 0.25) is 0 Å². The number of aliphatic carboxylic acids is 1. The van der Waals surface area contributed by atoms with E-state index in [-0.39, 0.29) is 12.4 Å². The van der Waals surface area contributed by atoms with Crippen LogP contribution in [0.2, 0.25) is 0 Å². The molecule has 0 fully saturated rings. The molecule has 0 bridgehead atoms. The summed E-state index contributed by atoms with van der Waals surface area (Å²) in [6.07, 6.45) is 11.0. The SMILES string of the molecule is CC(C)=CCOC(=O)CCCCCCCCCCC(=O)O. The first-order chi connectivity index (χ1) is 10.0. The lowest BCUT2D eigenvalue weighted by atomic mass is 10.1. The summed E-state index contributed by atoms with van der Waals surface area (Å²) in [7, 11) is 0. The van der Waals surface area contributed by atoms with Crippen LogP contribution in [0.3, 0.4) is 0 Å². The second kappa shape index (κ2) is 13.7. The van der Waals surface area contributed by atoms with Crippen molar-refractivity contribution in [2.45, 2.75) is 78.1 Å². The molecule has 0 rings (SSSR count). The summed E-state index contributed by atoms with van der Waals surface area (Å²) in [5.74, 6) is -0.812. The quantitative estimate of drug-likeness (QED) is 0.309. The maximum Gasteiger partial charge on any atom is 0.306 e. The number of allylic oxidation sites excluding steroid dienone is 1. The number of carbonyl (C=O) groups excluding carboxylic acids is 1. The molecule has 0 saturated heterocycles. The van der Waals surface area contributed by atoms with Crippen molar-refractivity contribution >= 4 is 11.9 Å². The molecule has 0 aliphatic carbocycles. The number of carboxylic acids is 1. The van der Waals surface area contributed by atoms with Gasteiger partial charge in [0, 0.05) is 12.8 Å². The van der Waals surface area contributed by atoms with E-state index in [0.29, 0.717) is 13.0 Å². The van der Waals surface area contributed by atoms with Crippen LogP contribution < -0.4 is 0 Å². The van der Waals surface area contributed by atoms with E-state index in [4.69, 9.17) is 9.84 Å². The molecule has 0 spiro atoms. The number of carboxylic acid groups (broad SMARTS) is 1. The molecule has 0 aliphatic rings. The number of unbranched alkanes of at least 4 members (excludes halogenated alkanes) is 7. The minimum atomic E-state index is -0.702. The number of esters is 1. The van der Waals surface area contributed by atoms with Crippen molar-refractivity contribution in [1.82, 2.24) is 0 Å². The number of hydrogen-bond donors (Lipinski definition) is 1. The lowest BCUT2D eigenvalue weighted by Crippen LogP contribution is -2.04. The lowest BCUT2D eigenvalue weighted by molar-refractivity contribution is -0.142. The van der Waals surface area contributed by atoms with Crippen LogP contribution in [0.5, 0.6) is 0 Å². The lowest BCUT2D eigenvalue weighted by Gasteiger charge is -2.03. The molecule has 0 unspecified atom stereocenters. The Balaban J connectivity index is 3.23. The molecule has 0 amide bonds. The van der Waals surface area contributed by atoms with Gasteiger partial charge in [-0.15, -0.1) is 0 Å². The Morgan fingerprint density at radius 2 is 1.33 bits per heavy atom. The van der Waals surface area contributed by atoms with Crippen molar-refractivity contribution in [1.29, 1.82) is 0 Å². The predicted molar refractivity (Wildman–Crippen MR) is 84.2 cm³/mol. The van der Waals surface area contributed by atoms with E-state index >= 15 is 0 Å². The van der Waals surface area contributed by atoms with Gasteiger partial charge in [-0.1, -0.05) is 44.1 Å². The zero-order valence-electron chi connectivity index (χ0n) is 13.5. The molecule has 4 heteroatoms. The summed E-state index contributed by atoms with van der Waals surface area (Å²) in [5.41, 5.74) is 1.16. The Morgan fingerprint density at radius 3 is 1.81 bits per heavy atom. The fourth-order valence-electron chi connectivity index (χ4n) is 1.98. The Bertz CT molecular complexity index is 317. The highest BCUT2D eigenvalue weighted by Crippen LogP contribution is 2.11. The fraction of sp³-hybridized carbons (Fsp3) is 0.765. The monoisotopic (exact) mass is 298 g/mol. The van der Waals surface area contributed by atoms with Crippen LogP contribution in [0.15, 0.2) is 11.6 Å². The molecular weight excluding hydrogens is 268 g/mol. The molecule has 4 nitrogen and oxygen atoms in total. The Hall–Kier alpha value is -1.32. The summed E-state index contributed by atoms with van der Waals surface area (Å²) >= 11 is 0. The standard InChI is InChI=1S/C17H30O4/c1-15(2)13-14-21-17(20)12-10-8-6-4-3-5-7-9-11-16(18)19/h13H,3-12,14H2,1-2H3,(H,18,19). The van der Waals surface area contributed by atoms with Gasteiger partial charge in [0.25, 0.3) is 0 Å². The van der Waals surface area contributed by atoms with Crippen LogP contribution in [0.25, 0.3) is 0 Å². The van der Waals surface area contributed by atoms with Gasteiger partial charge < -0.3 is 9.84 Å². The van der Waals surface area contributed by atoms with Gasteiger partial charge in [0.15, 0.2) is 0 Å². The van der Waals surface area contributed by atoms with E-state index in [9.17, 15) is 9.59 Å². The first kappa shape index (κ1) is 19.7. The largest absolute Gasteiger partial charge is 0.481 e. The highest BCUT2D eigenvalue weighted by molar-refractivity contribution is 5.69. The normalized spacial score (nSPS) is 10.2. The number of rotatable bonds is 13. The van der Waals surface area contributed by atoms with E-state index in [1.165, 1.54) is 6.42 Å². The highest BCUT2D eigenvalue weighted by atomic mass is 16.5. The highest BCUT2D eigenvalue weighted by Gasteiger charge is 2.01. The van der Waals surface area contributed by atoms with Crippen molar-refractivity contribution in [2.24, 2.45) is 0 Å². The minimum Gasteiger partial charge on any atom is -0.481 e. The van der Waals surface area contributed by atoms with Gasteiger partial charge >= 0.3 is 11.9 Å². The van der Waals surface area contributed by atoms with Crippen molar-refractivity contribution in [3.8, 4) is 0 Å². The van der Waals surface area contributed by atoms with Crippen LogP contribution in [0.1, 0.15) is 78.1 Å². The average Bonchev–Trinajstić information content (AvgIpc) is 2.40. The third-order valence-electron chi connectivity index (χ3n) is 3.26. The molecule has 0 radical (unpaired) electrons. The molecule has 0 heterocycles.